The Morgan fingerprint density at radius 2 is 1.66 bits per heavy atom. The van der Waals surface area contributed by atoms with Crippen molar-refractivity contribution in [3.63, 3.8) is 0 Å². The van der Waals surface area contributed by atoms with E-state index in [1.807, 2.05) is 30.3 Å². The van der Waals surface area contributed by atoms with Crippen LogP contribution in [0.15, 0.2) is 66.7 Å². The predicted octanol–water partition coefficient (Wildman–Crippen LogP) is 3.64. The van der Waals surface area contributed by atoms with E-state index in [0.29, 0.717) is 23.7 Å². The zero-order valence-electron chi connectivity index (χ0n) is 19.4. The lowest BCUT2D eigenvalue weighted by Crippen LogP contribution is -2.30. The first kappa shape index (κ1) is 25.2. The van der Waals surface area contributed by atoms with Crippen LogP contribution in [-0.2, 0) is 11.2 Å². The summed E-state index contributed by atoms with van der Waals surface area (Å²) in [5.41, 5.74) is 1.29. The van der Waals surface area contributed by atoms with Crippen LogP contribution in [-0.4, -0.2) is 44.0 Å². The van der Waals surface area contributed by atoms with Crippen molar-refractivity contribution >= 4 is 28.9 Å². The fraction of sp³-hybridized carbons (Fsp3) is 0.200. The average Bonchev–Trinajstić information content (AvgIpc) is 2.87. The van der Waals surface area contributed by atoms with Crippen molar-refractivity contribution in [1.29, 1.82) is 0 Å². The van der Waals surface area contributed by atoms with Crippen molar-refractivity contribution < 1.29 is 24.0 Å². The molecule has 10 nitrogen and oxygen atoms in total. The van der Waals surface area contributed by atoms with Crippen LogP contribution in [0.1, 0.15) is 15.9 Å². The molecule has 0 fully saturated rings. The Morgan fingerprint density at radius 3 is 2.34 bits per heavy atom. The lowest BCUT2D eigenvalue weighted by molar-refractivity contribution is -0.384. The Balaban J connectivity index is 1.71. The standard InChI is InChI=1S/C25H26N4O6/c1-34-19-9-11-22(23(15-19)35-2)28-25(31)20-14-18(29(32)33)8-10-21(20)27-24(30)16-26-13-12-17-6-4-3-5-7-17/h3-11,14-15,26H,12-13,16H2,1-2H3,(H,27,30)(H,28,31). The van der Waals surface area contributed by atoms with E-state index in [1.54, 1.807) is 18.2 Å². The van der Waals surface area contributed by atoms with E-state index < -0.39 is 10.8 Å². The molecule has 0 bridgehead atoms. The summed E-state index contributed by atoms with van der Waals surface area (Å²) in [7, 11) is 2.94. The normalized spacial score (nSPS) is 10.3. The van der Waals surface area contributed by atoms with Gasteiger partial charge in [-0.1, -0.05) is 30.3 Å². The maximum atomic E-state index is 13.0. The van der Waals surface area contributed by atoms with Crippen molar-refractivity contribution in [2.24, 2.45) is 0 Å². The van der Waals surface area contributed by atoms with E-state index in [2.05, 4.69) is 16.0 Å². The van der Waals surface area contributed by atoms with Gasteiger partial charge in [0.05, 0.1) is 42.6 Å². The molecule has 0 aliphatic rings. The summed E-state index contributed by atoms with van der Waals surface area (Å²) in [6.45, 7) is 0.597. The number of benzene rings is 3. The highest BCUT2D eigenvalue weighted by atomic mass is 16.6. The summed E-state index contributed by atoms with van der Waals surface area (Å²) in [5.74, 6) is -0.160. The molecule has 0 radical (unpaired) electrons. The van der Waals surface area contributed by atoms with Gasteiger partial charge in [0.2, 0.25) is 5.91 Å². The van der Waals surface area contributed by atoms with E-state index in [0.717, 1.165) is 18.1 Å². The second-order valence-corrected chi connectivity index (χ2v) is 7.47. The Morgan fingerprint density at radius 1 is 0.914 bits per heavy atom. The van der Waals surface area contributed by atoms with E-state index in [4.69, 9.17) is 9.47 Å². The molecule has 3 N–H and O–H groups in total. The number of nitro groups is 1. The smallest absolute Gasteiger partial charge is 0.270 e. The molecule has 0 spiro atoms. The molecular weight excluding hydrogens is 452 g/mol. The van der Waals surface area contributed by atoms with Gasteiger partial charge in [0, 0.05) is 18.2 Å². The SMILES string of the molecule is COc1ccc(NC(=O)c2cc([N+](=O)[O-])ccc2NC(=O)CNCCc2ccccc2)c(OC)c1. The summed E-state index contributed by atoms with van der Waals surface area (Å²) >= 11 is 0. The summed E-state index contributed by atoms with van der Waals surface area (Å²) in [4.78, 5) is 36.2. The number of ether oxygens (including phenoxy) is 2. The van der Waals surface area contributed by atoms with Gasteiger partial charge in [0.25, 0.3) is 11.6 Å². The van der Waals surface area contributed by atoms with E-state index >= 15 is 0 Å². The third-order valence-corrected chi connectivity index (χ3v) is 5.11. The minimum atomic E-state index is -0.649. The number of anilines is 2. The fourth-order valence-corrected chi connectivity index (χ4v) is 3.31. The number of rotatable bonds is 11. The van der Waals surface area contributed by atoms with Crippen molar-refractivity contribution in [3.8, 4) is 11.5 Å². The number of amides is 2. The number of hydrogen-bond donors (Lipinski definition) is 3. The molecule has 0 saturated heterocycles. The maximum absolute atomic E-state index is 13.0. The predicted molar refractivity (Wildman–Crippen MR) is 132 cm³/mol. The second kappa shape index (κ2) is 12.1. The first-order valence-corrected chi connectivity index (χ1v) is 10.8. The highest BCUT2D eigenvalue weighted by molar-refractivity contribution is 6.11. The molecule has 0 aliphatic carbocycles. The van der Waals surface area contributed by atoms with Gasteiger partial charge in [-0.05, 0) is 36.7 Å². The minimum absolute atomic E-state index is 0.0111. The van der Waals surface area contributed by atoms with Crippen LogP contribution in [0.25, 0.3) is 0 Å². The van der Waals surface area contributed by atoms with Crippen LogP contribution in [0.3, 0.4) is 0 Å². The molecule has 2 amide bonds. The van der Waals surface area contributed by atoms with Crippen molar-refractivity contribution in [1.82, 2.24) is 5.32 Å². The number of carbonyl (C=O) groups is 2. The van der Waals surface area contributed by atoms with Gasteiger partial charge in [-0.3, -0.25) is 19.7 Å². The van der Waals surface area contributed by atoms with Gasteiger partial charge >= 0.3 is 0 Å². The number of hydrogen-bond acceptors (Lipinski definition) is 7. The first-order valence-electron chi connectivity index (χ1n) is 10.8. The number of nitro benzene ring substituents is 1. The molecule has 0 heterocycles. The van der Waals surface area contributed by atoms with E-state index in [-0.39, 0.29) is 29.4 Å². The highest BCUT2D eigenvalue weighted by Crippen LogP contribution is 2.30. The third kappa shape index (κ3) is 7.02. The summed E-state index contributed by atoms with van der Waals surface area (Å²) in [6, 6.07) is 18.3. The van der Waals surface area contributed by atoms with Crippen LogP contribution < -0.4 is 25.4 Å². The zero-order valence-corrected chi connectivity index (χ0v) is 19.4. The maximum Gasteiger partial charge on any atom is 0.270 e. The monoisotopic (exact) mass is 478 g/mol. The molecule has 35 heavy (non-hydrogen) atoms. The molecule has 3 rings (SSSR count). The number of methoxy groups -OCH3 is 2. The van der Waals surface area contributed by atoms with Crippen LogP contribution in [0.2, 0.25) is 0 Å². The van der Waals surface area contributed by atoms with Gasteiger partial charge in [-0.25, -0.2) is 0 Å². The average molecular weight is 479 g/mol. The molecule has 3 aromatic carbocycles. The molecule has 182 valence electrons. The molecule has 0 unspecified atom stereocenters. The lowest BCUT2D eigenvalue weighted by atomic mass is 10.1. The van der Waals surface area contributed by atoms with Crippen molar-refractivity contribution in [2.45, 2.75) is 6.42 Å². The van der Waals surface area contributed by atoms with Crippen LogP contribution in [0, 0.1) is 10.1 Å². The number of nitrogens with one attached hydrogen (secondary N) is 3. The van der Waals surface area contributed by atoms with Crippen molar-refractivity contribution in [2.75, 3.05) is 37.9 Å². The highest BCUT2D eigenvalue weighted by Gasteiger charge is 2.20. The Bertz CT molecular complexity index is 1200. The molecular formula is C25H26N4O6. The van der Waals surface area contributed by atoms with Crippen LogP contribution >= 0.6 is 0 Å². The van der Waals surface area contributed by atoms with Crippen LogP contribution in [0.5, 0.6) is 11.5 Å². The molecule has 0 atom stereocenters. The topological polar surface area (TPSA) is 132 Å². The number of non-ortho nitro benzene ring substituents is 1. The molecule has 0 saturated carbocycles. The third-order valence-electron chi connectivity index (χ3n) is 5.11. The fourth-order valence-electron chi connectivity index (χ4n) is 3.31. The largest absolute Gasteiger partial charge is 0.497 e. The lowest BCUT2D eigenvalue weighted by Gasteiger charge is -2.14. The van der Waals surface area contributed by atoms with Gasteiger partial charge in [-0.15, -0.1) is 0 Å². The van der Waals surface area contributed by atoms with Crippen LogP contribution in [0.4, 0.5) is 17.1 Å². The zero-order chi connectivity index (χ0) is 25.2. The summed E-state index contributed by atoms with van der Waals surface area (Å²) in [5, 5.41) is 19.6. The van der Waals surface area contributed by atoms with Gasteiger partial charge in [0.1, 0.15) is 11.5 Å². The quantitative estimate of drug-likeness (QED) is 0.218. The van der Waals surface area contributed by atoms with Crippen molar-refractivity contribution in [3.05, 3.63) is 88.0 Å². The number of nitrogens with zero attached hydrogens (tertiary/aromatic N) is 1. The molecule has 3 aromatic rings. The van der Waals surface area contributed by atoms with Gasteiger partial charge in [0.15, 0.2) is 0 Å². The second-order valence-electron chi connectivity index (χ2n) is 7.47. The minimum Gasteiger partial charge on any atom is -0.497 e. The van der Waals surface area contributed by atoms with Gasteiger partial charge < -0.3 is 25.4 Å². The molecule has 0 aromatic heterocycles. The first-order chi connectivity index (χ1) is 16.9. The number of carbonyl (C=O) groups excluding carboxylic acids is 2. The van der Waals surface area contributed by atoms with E-state index in [9.17, 15) is 19.7 Å². The van der Waals surface area contributed by atoms with Gasteiger partial charge in [-0.2, -0.15) is 0 Å². The Hall–Kier alpha value is -4.44. The van der Waals surface area contributed by atoms with E-state index in [1.165, 1.54) is 26.4 Å². The molecule has 0 aliphatic heterocycles. The molecule has 10 heteroatoms. The summed E-state index contributed by atoms with van der Waals surface area (Å²) in [6.07, 6.45) is 0.753. The Kier molecular flexibility index (Phi) is 8.74. The Labute approximate surface area is 202 Å². The summed E-state index contributed by atoms with van der Waals surface area (Å²) < 4.78 is 10.4.